The molecule has 4 nitrogen and oxygen atoms in total. The highest BCUT2D eigenvalue weighted by atomic mass is 32.2. The number of carbonyl (C=O) groups excluding carboxylic acids is 2. The van der Waals surface area contributed by atoms with Crippen LogP contribution in [-0.4, -0.2) is 22.2 Å². The molecule has 1 atom stereocenters. The number of amidine groups is 1. The van der Waals surface area contributed by atoms with Gasteiger partial charge in [-0.2, -0.15) is 4.99 Å². The van der Waals surface area contributed by atoms with Gasteiger partial charge in [0.2, 0.25) is 5.91 Å². The average Bonchev–Trinajstić information content (AvgIpc) is 2.58. The summed E-state index contributed by atoms with van der Waals surface area (Å²) < 4.78 is 0. The van der Waals surface area contributed by atoms with Crippen molar-refractivity contribution in [2.45, 2.75) is 19.1 Å². The van der Waals surface area contributed by atoms with E-state index < -0.39 is 0 Å². The van der Waals surface area contributed by atoms with Gasteiger partial charge in [0.1, 0.15) is 0 Å². The van der Waals surface area contributed by atoms with Gasteiger partial charge in [-0.15, -0.1) is 0 Å². The Morgan fingerprint density at radius 2 is 2.12 bits per heavy atom. The summed E-state index contributed by atoms with van der Waals surface area (Å²) in [6, 6.07) is 7.25. The number of aryl methyl sites for hydroxylation is 1. The van der Waals surface area contributed by atoms with E-state index >= 15 is 0 Å². The standard InChI is InChI=1S/C12H12N2O2S/c1-7-5-3-4-6-9(7)11(16)14-12-13-10(15)8(2)17-12/h3-6,8H,1-2H3,(H,13,14,15,16)/t8-/m0/s1. The molecule has 1 aliphatic heterocycles. The second-order valence-corrected chi connectivity index (χ2v) is 5.12. The minimum atomic E-state index is -0.319. The van der Waals surface area contributed by atoms with Crippen molar-refractivity contribution >= 4 is 28.7 Å². The quantitative estimate of drug-likeness (QED) is 0.823. The molecule has 0 saturated carbocycles. The first kappa shape index (κ1) is 11.9. The van der Waals surface area contributed by atoms with Crippen molar-refractivity contribution in [2.75, 3.05) is 0 Å². The fraction of sp³-hybridized carbons (Fsp3) is 0.250. The van der Waals surface area contributed by atoms with E-state index in [0.29, 0.717) is 10.7 Å². The van der Waals surface area contributed by atoms with Crippen LogP contribution >= 0.6 is 11.8 Å². The van der Waals surface area contributed by atoms with Gasteiger partial charge in [0, 0.05) is 5.56 Å². The van der Waals surface area contributed by atoms with Crippen LogP contribution in [0.1, 0.15) is 22.8 Å². The number of benzene rings is 1. The Bertz CT molecular complexity index is 511. The van der Waals surface area contributed by atoms with Crippen LogP contribution in [0.2, 0.25) is 0 Å². The number of nitrogens with zero attached hydrogens (tertiary/aromatic N) is 1. The number of rotatable bonds is 1. The predicted octanol–water partition coefficient (Wildman–Crippen LogP) is 1.74. The van der Waals surface area contributed by atoms with Gasteiger partial charge >= 0.3 is 0 Å². The number of carbonyl (C=O) groups is 2. The first-order valence-corrected chi connectivity index (χ1v) is 6.12. The van der Waals surface area contributed by atoms with Gasteiger partial charge in [-0.1, -0.05) is 30.0 Å². The molecule has 1 aromatic carbocycles. The maximum Gasteiger partial charge on any atom is 0.279 e. The zero-order chi connectivity index (χ0) is 12.4. The van der Waals surface area contributed by atoms with Gasteiger partial charge in [0.25, 0.3) is 5.91 Å². The Balaban J connectivity index is 2.21. The van der Waals surface area contributed by atoms with Gasteiger partial charge in [0.15, 0.2) is 5.17 Å². The molecule has 1 N–H and O–H groups in total. The SMILES string of the molecule is Cc1ccccc1C(=O)N=C1NC(=O)[C@H](C)S1. The van der Waals surface area contributed by atoms with Crippen molar-refractivity contribution in [3.05, 3.63) is 35.4 Å². The summed E-state index contributed by atoms with van der Waals surface area (Å²) in [5, 5.41) is 2.78. The molecule has 1 fully saturated rings. The third kappa shape index (κ3) is 2.55. The van der Waals surface area contributed by atoms with Crippen LogP contribution in [0.4, 0.5) is 0 Å². The van der Waals surface area contributed by atoms with E-state index in [4.69, 9.17) is 0 Å². The molecular formula is C12H12N2O2S. The number of aliphatic imine (C=N–C) groups is 1. The topological polar surface area (TPSA) is 58.5 Å². The van der Waals surface area contributed by atoms with Crippen LogP contribution < -0.4 is 5.32 Å². The summed E-state index contributed by atoms with van der Waals surface area (Å²) in [5.41, 5.74) is 1.44. The zero-order valence-corrected chi connectivity index (χ0v) is 10.4. The largest absolute Gasteiger partial charge is 0.304 e. The van der Waals surface area contributed by atoms with Crippen LogP contribution in [0.3, 0.4) is 0 Å². The maximum absolute atomic E-state index is 11.9. The highest BCUT2D eigenvalue weighted by molar-refractivity contribution is 8.15. The number of thioether (sulfide) groups is 1. The second-order valence-electron chi connectivity index (χ2n) is 3.79. The van der Waals surface area contributed by atoms with Gasteiger partial charge in [-0.3, -0.25) is 9.59 Å². The third-order valence-corrected chi connectivity index (χ3v) is 3.45. The fourth-order valence-electron chi connectivity index (χ4n) is 1.48. The molecular weight excluding hydrogens is 236 g/mol. The van der Waals surface area contributed by atoms with Gasteiger partial charge in [-0.05, 0) is 25.5 Å². The molecule has 0 bridgehead atoms. The normalized spacial score (nSPS) is 21.6. The van der Waals surface area contributed by atoms with E-state index in [0.717, 1.165) is 5.56 Å². The van der Waals surface area contributed by atoms with Gasteiger partial charge in [-0.25, -0.2) is 0 Å². The average molecular weight is 248 g/mol. The summed E-state index contributed by atoms with van der Waals surface area (Å²) in [5.74, 6) is -0.425. The lowest BCUT2D eigenvalue weighted by Gasteiger charge is -2.00. The molecule has 1 heterocycles. The van der Waals surface area contributed by atoms with Crippen LogP contribution in [0.15, 0.2) is 29.3 Å². The first-order chi connectivity index (χ1) is 8.08. The summed E-state index contributed by atoms with van der Waals surface area (Å²) in [6.45, 7) is 3.64. The lowest BCUT2D eigenvalue weighted by atomic mass is 10.1. The minimum absolute atomic E-state index is 0.105. The van der Waals surface area contributed by atoms with Crippen molar-refractivity contribution < 1.29 is 9.59 Å². The molecule has 88 valence electrons. The number of nitrogens with one attached hydrogen (secondary N) is 1. The lowest BCUT2D eigenvalue weighted by Crippen LogP contribution is -2.23. The van der Waals surface area contributed by atoms with Gasteiger partial charge < -0.3 is 5.32 Å². The number of hydrogen-bond acceptors (Lipinski definition) is 3. The molecule has 0 radical (unpaired) electrons. The van der Waals surface area contributed by atoms with Crippen LogP contribution in [0.25, 0.3) is 0 Å². The molecule has 1 saturated heterocycles. The molecule has 1 aromatic rings. The molecule has 0 unspecified atom stereocenters. The number of hydrogen-bond donors (Lipinski definition) is 1. The summed E-state index contributed by atoms with van der Waals surface area (Å²) in [4.78, 5) is 27.0. The fourth-order valence-corrected chi connectivity index (χ4v) is 2.27. The predicted molar refractivity (Wildman–Crippen MR) is 68.1 cm³/mol. The number of amides is 2. The lowest BCUT2D eigenvalue weighted by molar-refractivity contribution is -0.118. The first-order valence-electron chi connectivity index (χ1n) is 5.24. The van der Waals surface area contributed by atoms with Crippen molar-refractivity contribution in [3.63, 3.8) is 0 Å². The highest BCUT2D eigenvalue weighted by Crippen LogP contribution is 2.19. The van der Waals surface area contributed by atoms with E-state index in [1.807, 2.05) is 19.1 Å². The molecule has 5 heteroatoms. The van der Waals surface area contributed by atoms with E-state index in [1.54, 1.807) is 19.1 Å². The zero-order valence-electron chi connectivity index (χ0n) is 9.56. The molecule has 0 aliphatic carbocycles. The summed E-state index contributed by atoms with van der Waals surface area (Å²) in [6.07, 6.45) is 0. The Morgan fingerprint density at radius 1 is 1.41 bits per heavy atom. The van der Waals surface area contributed by atoms with E-state index in [-0.39, 0.29) is 17.1 Å². The monoisotopic (exact) mass is 248 g/mol. The highest BCUT2D eigenvalue weighted by Gasteiger charge is 2.26. The maximum atomic E-state index is 11.9. The summed E-state index contributed by atoms with van der Waals surface area (Å²) in [7, 11) is 0. The third-order valence-electron chi connectivity index (χ3n) is 2.47. The summed E-state index contributed by atoms with van der Waals surface area (Å²) >= 11 is 1.27. The van der Waals surface area contributed by atoms with Crippen LogP contribution in [0.5, 0.6) is 0 Å². The molecule has 0 aromatic heterocycles. The Labute approximate surface area is 104 Å². The van der Waals surface area contributed by atoms with Crippen molar-refractivity contribution in [1.82, 2.24) is 5.32 Å². The smallest absolute Gasteiger partial charge is 0.279 e. The van der Waals surface area contributed by atoms with Crippen molar-refractivity contribution in [2.24, 2.45) is 4.99 Å². The molecule has 0 spiro atoms. The van der Waals surface area contributed by atoms with Gasteiger partial charge in [0.05, 0.1) is 5.25 Å². The van der Waals surface area contributed by atoms with Crippen LogP contribution in [-0.2, 0) is 4.79 Å². The Kier molecular flexibility index (Phi) is 3.28. The van der Waals surface area contributed by atoms with E-state index in [1.165, 1.54) is 11.8 Å². The minimum Gasteiger partial charge on any atom is -0.304 e. The molecule has 2 rings (SSSR count). The molecule has 17 heavy (non-hydrogen) atoms. The van der Waals surface area contributed by atoms with E-state index in [9.17, 15) is 9.59 Å². The van der Waals surface area contributed by atoms with Crippen molar-refractivity contribution in [1.29, 1.82) is 0 Å². The Morgan fingerprint density at radius 3 is 2.71 bits per heavy atom. The molecule has 1 aliphatic rings. The second kappa shape index (κ2) is 4.71. The van der Waals surface area contributed by atoms with Crippen LogP contribution in [0, 0.1) is 6.92 Å². The molecule has 2 amide bonds. The Hall–Kier alpha value is -1.62. The van der Waals surface area contributed by atoms with Crippen molar-refractivity contribution in [3.8, 4) is 0 Å². The van der Waals surface area contributed by atoms with E-state index in [2.05, 4.69) is 10.3 Å².